The number of nitrogens with one attached hydrogen (secondary N) is 1. The maximum Gasteiger partial charge on any atom is 0.376 e. The van der Waals surface area contributed by atoms with Gasteiger partial charge in [-0.05, 0) is 44.6 Å². The molecular weight excluding hydrogens is 227 g/mol. The van der Waals surface area contributed by atoms with Crippen LogP contribution in [0.1, 0.15) is 31.0 Å². The Labute approximate surface area is 108 Å². The molecule has 0 fully saturated rings. The number of H-pyrrole nitrogens is 1. The Balaban J connectivity index is 2.15. The van der Waals surface area contributed by atoms with Gasteiger partial charge in [0.15, 0.2) is 0 Å². The maximum atomic E-state index is 11.3. The number of aryl methyl sites for hydroxylation is 1. The number of rotatable bonds is 4. The highest BCUT2D eigenvalue weighted by atomic mass is 16.2. The Kier molecular flexibility index (Phi) is 4.25. The van der Waals surface area contributed by atoms with Crippen molar-refractivity contribution in [2.75, 3.05) is 6.54 Å². The van der Waals surface area contributed by atoms with E-state index in [1.165, 1.54) is 5.56 Å². The van der Waals surface area contributed by atoms with E-state index in [9.17, 15) is 9.82 Å². The summed E-state index contributed by atoms with van der Waals surface area (Å²) in [7, 11) is -0.403. The number of nitrogens with zero attached hydrogens (tertiary/aromatic N) is 1. The molecule has 2 N–H and O–H groups in total. The summed E-state index contributed by atoms with van der Waals surface area (Å²) in [6.07, 6.45) is 3.85. The number of hydrogen-bond donors (Lipinski definition) is 2. The fourth-order valence-electron chi connectivity index (χ4n) is 2.84. The smallest absolute Gasteiger partial charge is 0.376 e. The largest absolute Gasteiger partial charge is 0.437 e. The molecule has 1 aromatic rings. The van der Waals surface area contributed by atoms with Crippen molar-refractivity contribution in [2.45, 2.75) is 45.5 Å². The number of fused-ring (bicyclic) bond motifs is 1. The van der Waals surface area contributed by atoms with Gasteiger partial charge in [-0.25, -0.2) is 0 Å². The molecule has 5 heteroatoms. The molecule has 4 nitrogen and oxygen atoms in total. The lowest BCUT2D eigenvalue weighted by molar-refractivity contribution is 0.260. The van der Waals surface area contributed by atoms with Crippen molar-refractivity contribution >= 4 is 7.05 Å². The lowest BCUT2D eigenvalue weighted by atomic mass is 9.78. The number of aromatic amines is 1. The average molecular weight is 248 g/mol. The molecule has 0 amide bonds. The van der Waals surface area contributed by atoms with Gasteiger partial charge in [-0.15, -0.1) is 0 Å². The van der Waals surface area contributed by atoms with Crippen molar-refractivity contribution < 1.29 is 5.02 Å². The van der Waals surface area contributed by atoms with Crippen LogP contribution in [-0.4, -0.2) is 34.5 Å². The zero-order valence-electron chi connectivity index (χ0n) is 11.1. The summed E-state index contributed by atoms with van der Waals surface area (Å²) < 4.78 is 0. The van der Waals surface area contributed by atoms with Gasteiger partial charge in [0.05, 0.1) is 0 Å². The zero-order valence-corrected chi connectivity index (χ0v) is 11.1. The van der Waals surface area contributed by atoms with Crippen LogP contribution in [-0.2, 0) is 12.8 Å². The van der Waals surface area contributed by atoms with E-state index in [1.54, 1.807) is 6.07 Å². The van der Waals surface area contributed by atoms with Crippen LogP contribution in [0, 0.1) is 0 Å². The minimum absolute atomic E-state index is 0.0202. The van der Waals surface area contributed by atoms with Crippen LogP contribution in [0.5, 0.6) is 0 Å². The highest BCUT2D eigenvalue weighted by molar-refractivity contribution is 6.45. The van der Waals surface area contributed by atoms with Crippen LogP contribution >= 0.6 is 0 Å². The molecule has 1 aliphatic carbocycles. The van der Waals surface area contributed by atoms with Gasteiger partial charge in [-0.2, -0.15) is 0 Å². The van der Waals surface area contributed by atoms with Crippen molar-refractivity contribution in [1.29, 1.82) is 0 Å². The molecule has 0 spiro atoms. The standard InChI is InChI=1S/C13H21BN2O2/c1-3-8-16(14(2)18)11-5-6-12-10(9-11)4-7-13(17)15-12/h4,7,11,18H,3,5-6,8-9H2,1-2H3,(H,15,17). The fraction of sp³-hybridized carbons (Fsp3) is 0.615. The van der Waals surface area contributed by atoms with Gasteiger partial charge in [0, 0.05) is 17.8 Å². The first-order valence-corrected chi connectivity index (χ1v) is 6.76. The minimum Gasteiger partial charge on any atom is -0.437 e. The molecule has 98 valence electrons. The normalized spacial score (nSPS) is 18.8. The molecule has 1 atom stereocenters. The predicted molar refractivity (Wildman–Crippen MR) is 73.7 cm³/mol. The number of hydrogen-bond acceptors (Lipinski definition) is 3. The molecule has 18 heavy (non-hydrogen) atoms. The molecule has 1 aromatic heterocycles. The molecule has 0 aliphatic heterocycles. The monoisotopic (exact) mass is 248 g/mol. The summed E-state index contributed by atoms with van der Waals surface area (Å²) in [6, 6.07) is 3.89. The third-order valence-corrected chi connectivity index (χ3v) is 3.71. The van der Waals surface area contributed by atoms with Gasteiger partial charge in [-0.1, -0.05) is 13.0 Å². The Bertz CT molecular complexity index is 459. The molecule has 1 heterocycles. The van der Waals surface area contributed by atoms with E-state index in [0.29, 0.717) is 6.04 Å². The van der Waals surface area contributed by atoms with E-state index in [4.69, 9.17) is 0 Å². The third-order valence-electron chi connectivity index (χ3n) is 3.71. The van der Waals surface area contributed by atoms with Gasteiger partial charge >= 0.3 is 7.05 Å². The quantitative estimate of drug-likeness (QED) is 0.783. The second-order valence-corrected chi connectivity index (χ2v) is 5.09. The first kappa shape index (κ1) is 13.4. The highest BCUT2D eigenvalue weighted by Crippen LogP contribution is 2.22. The number of pyridine rings is 1. The summed E-state index contributed by atoms with van der Waals surface area (Å²) >= 11 is 0. The maximum absolute atomic E-state index is 11.3. The van der Waals surface area contributed by atoms with Crippen LogP contribution in [0.25, 0.3) is 0 Å². The highest BCUT2D eigenvalue weighted by Gasteiger charge is 2.28. The molecule has 0 saturated carbocycles. The molecule has 0 bridgehead atoms. The van der Waals surface area contributed by atoms with Crippen LogP contribution in [0.2, 0.25) is 6.82 Å². The summed E-state index contributed by atoms with van der Waals surface area (Å²) in [5.41, 5.74) is 2.27. The Morgan fingerprint density at radius 1 is 1.56 bits per heavy atom. The topological polar surface area (TPSA) is 56.3 Å². The fourth-order valence-corrected chi connectivity index (χ4v) is 2.84. The number of aromatic nitrogens is 1. The Hall–Kier alpha value is -1.07. The van der Waals surface area contributed by atoms with E-state index in [-0.39, 0.29) is 5.56 Å². The van der Waals surface area contributed by atoms with E-state index < -0.39 is 7.05 Å². The van der Waals surface area contributed by atoms with E-state index in [1.807, 2.05) is 12.9 Å². The Morgan fingerprint density at radius 2 is 2.33 bits per heavy atom. The molecule has 0 radical (unpaired) electrons. The van der Waals surface area contributed by atoms with Crippen molar-refractivity contribution in [3.05, 3.63) is 33.7 Å². The molecule has 0 aromatic carbocycles. The van der Waals surface area contributed by atoms with E-state index in [0.717, 1.165) is 37.9 Å². The SMILES string of the molecule is CCCN(B(C)O)C1CCc2[nH]c(=O)ccc2C1. The van der Waals surface area contributed by atoms with E-state index >= 15 is 0 Å². The lowest BCUT2D eigenvalue weighted by Crippen LogP contribution is -2.48. The van der Waals surface area contributed by atoms with Crippen LogP contribution in [0.15, 0.2) is 16.9 Å². The molecule has 1 aliphatic rings. The summed E-state index contributed by atoms with van der Waals surface area (Å²) in [5.74, 6) is 0. The lowest BCUT2D eigenvalue weighted by Gasteiger charge is -2.35. The van der Waals surface area contributed by atoms with Gasteiger partial charge in [0.1, 0.15) is 0 Å². The van der Waals surface area contributed by atoms with Gasteiger partial charge in [0.2, 0.25) is 5.56 Å². The summed E-state index contributed by atoms with van der Waals surface area (Å²) in [5, 5.41) is 9.86. The molecule has 1 unspecified atom stereocenters. The summed E-state index contributed by atoms with van der Waals surface area (Å²) in [6.45, 7) is 4.88. The van der Waals surface area contributed by atoms with Gasteiger partial charge < -0.3 is 14.8 Å². The molecule has 2 rings (SSSR count). The second kappa shape index (κ2) is 5.72. The van der Waals surface area contributed by atoms with Crippen LogP contribution < -0.4 is 5.56 Å². The predicted octanol–water partition coefficient (Wildman–Crippen LogP) is 1.05. The van der Waals surface area contributed by atoms with Crippen molar-refractivity contribution in [1.82, 2.24) is 9.79 Å². The van der Waals surface area contributed by atoms with Gasteiger partial charge in [0.25, 0.3) is 0 Å². The molecule has 0 saturated heterocycles. The van der Waals surface area contributed by atoms with E-state index in [2.05, 4.69) is 16.7 Å². The Morgan fingerprint density at radius 3 is 3.00 bits per heavy atom. The first-order chi connectivity index (χ1) is 8.61. The molecular formula is C13H21BN2O2. The first-order valence-electron chi connectivity index (χ1n) is 6.76. The van der Waals surface area contributed by atoms with Crippen molar-refractivity contribution in [2.24, 2.45) is 0 Å². The zero-order chi connectivity index (χ0) is 13.1. The van der Waals surface area contributed by atoms with Crippen LogP contribution in [0.3, 0.4) is 0 Å². The second-order valence-electron chi connectivity index (χ2n) is 5.09. The van der Waals surface area contributed by atoms with Crippen molar-refractivity contribution in [3.63, 3.8) is 0 Å². The minimum atomic E-state index is -0.403. The van der Waals surface area contributed by atoms with Crippen LogP contribution in [0.4, 0.5) is 0 Å². The average Bonchev–Trinajstić information content (AvgIpc) is 2.35. The van der Waals surface area contributed by atoms with Gasteiger partial charge in [-0.3, -0.25) is 4.79 Å². The third kappa shape index (κ3) is 2.84. The van der Waals surface area contributed by atoms with Crippen molar-refractivity contribution in [3.8, 4) is 0 Å². The summed E-state index contributed by atoms with van der Waals surface area (Å²) in [4.78, 5) is 16.3.